The molecule has 1 saturated carbocycles. The third-order valence-corrected chi connectivity index (χ3v) is 4.94. The Balaban J connectivity index is 1.83. The van der Waals surface area contributed by atoms with Gasteiger partial charge in [0, 0.05) is 12.5 Å². The summed E-state index contributed by atoms with van der Waals surface area (Å²) in [6.45, 7) is 5.88. The molecule has 0 spiro atoms. The van der Waals surface area contributed by atoms with Crippen molar-refractivity contribution in [3.05, 3.63) is 10.0 Å². The Bertz CT molecular complexity index is 437. The highest BCUT2D eigenvalue weighted by atomic mass is 32.1. The molecule has 0 bridgehead atoms. The number of rotatable bonds is 5. The first-order valence-corrected chi connectivity index (χ1v) is 8.27. The van der Waals surface area contributed by atoms with Crippen molar-refractivity contribution in [2.24, 2.45) is 11.8 Å². The monoisotopic (exact) mass is 321 g/mol. The first-order chi connectivity index (χ1) is 9.86. The molecule has 3 nitrogen and oxygen atoms in total. The predicted molar refractivity (Wildman–Crippen MR) is 77.2 cm³/mol. The van der Waals surface area contributed by atoms with Crippen LogP contribution in [0.5, 0.6) is 0 Å². The van der Waals surface area contributed by atoms with E-state index in [9.17, 15) is 13.2 Å². The Kier molecular flexibility index (Phi) is 5.60. The lowest BCUT2D eigenvalue weighted by Crippen LogP contribution is -2.27. The molecule has 1 aromatic rings. The summed E-state index contributed by atoms with van der Waals surface area (Å²) in [5.74, 6) is -0.399. The molecule has 1 aliphatic carbocycles. The molecule has 7 heteroatoms. The van der Waals surface area contributed by atoms with Gasteiger partial charge in [-0.25, -0.2) is 0 Å². The van der Waals surface area contributed by atoms with Crippen LogP contribution in [0.3, 0.4) is 0 Å². The number of alkyl halides is 3. The Hall–Kier alpha value is -0.690. The van der Waals surface area contributed by atoms with Crippen LogP contribution in [0.15, 0.2) is 0 Å². The van der Waals surface area contributed by atoms with Crippen LogP contribution in [0.2, 0.25) is 0 Å². The minimum absolute atomic E-state index is 0.153. The van der Waals surface area contributed by atoms with E-state index in [0.717, 1.165) is 16.6 Å². The van der Waals surface area contributed by atoms with Gasteiger partial charge in [-0.05, 0) is 38.1 Å². The van der Waals surface area contributed by atoms with Gasteiger partial charge in [0.2, 0.25) is 0 Å². The molecular formula is C14H22F3N3S. The van der Waals surface area contributed by atoms with Crippen molar-refractivity contribution in [1.82, 2.24) is 15.5 Å². The molecule has 1 aromatic heterocycles. The van der Waals surface area contributed by atoms with E-state index in [2.05, 4.69) is 29.4 Å². The molecule has 1 N–H and O–H groups in total. The van der Waals surface area contributed by atoms with Crippen LogP contribution in [-0.2, 0) is 6.54 Å². The smallest absolute Gasteiger partial charge is 0.310 e. The van der Waals surface area contributed by atoms with E-state index in [1.54, 1.807) is 0 Å². The number of nitrogens with one attached hydrogen (secondary N) is 1. The summed E-state index contributed by atoms with van der Waals surface area (Å²) in [6.07, 6.45) is -2.47. The molecule has 0 saturated heterocycles. The molecule has 21 heavy (non-hydrogen) atoms. The van der Waals surface area contributed by atoms with E-state index in [4.69, 9.17) is 0 Å². The zero-order valence-electron chi connectivity index (χ0n) is 12.4. The van der Waals surface area contributed by atoms with E-state index in [1.807, 2.05) is 0 Å². The summed E-state index contributed by atoms with van der Waals surface area (Å²) < 4.78 is 37.9. The van der Waals surface area contributed by atoms with Crippen molar-refractivity contribution < 1.29 is 13.2 Å². The molecule has 0 radical (unpaired) electrons. The van der Waals surface area contributed by atoms with Crippen LogP contribution < -0.4 is 5.32 Å². The van der Waals surface area contributed by atoms with E-state index in [-0.39, 0.29) is 18.8 Å². The zero-order valence-corrected chi connectivity index (χ0v) is 13.2. The van der Waals surface area contributed by atoms with Gasteiger partial charge in [-0.1, -0.05) is 25.2 Å². The molecule has 1 fully saturated rings. The predicted octanol–water partition coefficient (Wildman–Crippen LogP) is 4.12. The van der Waals surface area contributed by atoms with Crippen LogP contribution in [-0.4, -0.2) is 22.9 Å². The summed E-state index contributed by atoms with van der Waals surface area (Å²) in [5, 5.41) is 13.4. The highest BCUT2D eigenvalue weighted by molar-refractivity contribution is 7.11. The Morgan fingerprint density at radius 1 is 1.19 bits per heavy atom. The highest BCUT2D eigenvalue weighted by Gasteiger charge is 2.42. The van der Waals surface area contributed by atoms with Crippen molar-refractivity contribution in [1.29, 1.82) is 0 Å². The number of hydrogen-bond donors (Lipinski definition) is 1. The standard InChI is InChI=1S/C14H22F3N3S/c1-9(2)7-18-8-12-19-20-13(21-12)10-3-5-11(6-4-10)14(15,16)17/h9-11,18H,3-8H2,1-2H3. The second-order valence-corrected chi connectivity index (χ2v) is 7.24. The molecule has 0 aromatic carbocycles. The molecule has 120 valence electrons. The first kappa shape index (κ1) is 16.7. The maximum Gasteiger partial charge on any atom is 0.391 e. The minimum Gasteiger partial charge on any atom is -0.310 e. The third kappa shape index (κ3) is 4.92. The summed E-state index contributed by atoms with van der Waals surface area (Å²) in [6, 6.07) is 0. The lowest BCUT2D eigenvalue weighted by atomic mass is 9.82. The van der Waals surface area contributed by atoms with Crippen molar-refractivity contribution >= 4 is 11.3 Å². The van der Waals surface area contributed by atoms with Gasteiger partial charge in [-0.15, -0.1) is 10.2 Å². The highest BCUT2D eigenvalue weighted by Crippen LogP contribution is 2.43. The van der Waals surface area contributed by atoms with Crippen LogP contribution in [0.4, 0.5) is 13.2 Å². The van der Waals surface area contributed by atoms with Crippen molar-refractivity contribution in [2.75, 3.05) is 6.54 Å². The van der Waals surface area contributed by atoms with Gasteiger partial charge in [0.15, 0.2) is 0 Å². The van der Waals surface area contributed by atoms with E-state index in [1.165, 1.54) is 11.3 Å². The summed E-state index contributed by atoms with van der Waals surface area (Å²) in [7, 11) is 0. The number of nitrogens with zero attached hydrogens (tertiary/aromatic N) is 2. The van der Waals surface area contributed by atoms with Crippen molar-refractivity contribution in [3.63, 3.8) is 0 Å². The maximum absolute atomic E-state index is 12.6. The molecule has 2 rings (SSSR count). The minimum atomic E-state index is -4.04. The van der Waals surface area contributed by atoms with Gasteiger partial charge in [-0.2, -0.15) is 13.2 Å². The number of halogens is 3. The van der Waals surface area contributed by atoms with Crippen LogP contribution in [0.1, 0.15) is 55.5 Å². The van der Waals surface area contributed by atoms with E-state index >= 15 is 0 Å². The van der Waals surface area contributed by atoms with Crippen molar-refractivity contribution in [2.45, 2.75) is 58.2 Å². The summed E-state index contributed by atoms with van der Waals surface area (Å²) in [5.41, 5.74) is 0. The van der Waals surface area contributed by atoms with Crippen molar-refractivity contribution in [3.8, 4) is 0 Å². The lowest BCUT2D eigenvalue weighted by molar-refractivity contribution is -0.182. The van der Waals surface area contributed by atoms with E-state index in [0.29, 0.717) is 25.3 Å². The van der Waals surface area contributed by atoms with Gasteiger partial charge in [0.1, 0.15) is 10.0 Å². The number of aromatic nitrogens is 2. The number of hydrogen-bond acceptors (Lipinski definition) is 4. The summed E-state index contributed by atoms with van der Waals surface area (Å²) >= 11 is 1.53. The normalized spacial score (nSPS) is 23.7. The second-order valence-electron chi connectivity index (χ2n) is 6.15. The maximum atomic E-state index is 12.6. The Morgan fingerprint density at radius 2 is 1.86 bits per heavy atom. The lowest BCUT2D eigenvalue weighted by Gasteiger charge is -2.28. The topological polar surface area (TPSA) is 37.8 Å². The Morgan fingerprint density at radius 3 is 2.43 bits per heavy atom. The van der Waals surface area contributed by atoms with Gasteiger partial charge in [0.25, 0.3) is 0 Å². The third-order valence-electron chi connectivity index (χ3n) is 3.85. The molecular weight excluding hydrogens is 299 g/mol. The van der Waals surface area contributed by atoms with Gasteiger partial charge >= 0.3 is 6.18 Å². The summed E-state index contributed by atoms with van der Waals surface area (Å²) in [4.78, 5) is 0. The largest absolute Gasteiger partial charge is 0.391 e. The quantitative estimate of drug-likeness (QED) is 0.886. The fraction of sp³-hybridized carbons (Fsp3) is 0.857. The van der Waals surface area contributed by atoms with Gasteiger partial charge in [0.05, 0.1) is 5.92 Å². The molecule has 1 aliphatic rings. The van der Waals surface area contributed by atoms with E-state index < -0.39 is 12.1 Å². The fourth-order valence-electron chi connectivity index (χ4n) is 2.64. The molecule has 0 aliphatic heterocycles. The van der Waals surface area contributed by atoms with Crippen LogP contribution >= 0.6 is 11.3 Å². The Labute approximate surface area is 127 Å². The van der Waals surface area contributed by atoms with Crippen LogP contribution in [0, 0.1) is 11.8 Å². The molecule has 0 unspecified atom stereocenters. The zero-order chi connectivity index (χ0) is 15.5. The first-order valence-electron chi connectivity index (χ1n) is 7.46. The fourth-order valence-corrected chi connectivity index (χ4v) is 3.62. The molecule has 0 amide bonds. The average molecular weight is 321 g/mol. The van der Waals surface area contributed by atoms with Crippen LogP contribution in [0.25, 0.3) is 0 Å². The molecule has 1 heterocycles. The molecule has 0 atom stereocenters. The van der Waals surface area contributed by atoms with Gasteiger partial charge < -0.3 is 5.32 Å². The average Bonchev–Trinajstić information content (AvgIpc) is 2.86. The second kappa shape index (κ2) is 7.05. The SMILES string of the molecule is CC(C)CNCc1nnc(C2CCC(C(F)(F)F)CC2)s1. The van der Waals surface area contributed by atoms with Gasteiger partial charge in [-0.3, -0.25) is 0 Å².